The maximum atomic E-state index is 13.7. The molecule has 4 heteroatoms. The summed E-state index contributed by atoms with van der Waals surface area (Å²) in [6.07, 6.45) is -4.76. The van der Waals surface area contributed by atoms with Crippen LogP contribution in [-0.2, 0) is 5.60 Å². The van der Waals surface area contributed by atoms with Gasteiger partial charge in [0.25, 0.3) is 0 Å². The van der Waals surface area contributed by atoms with Gasteiger partial charge in [-0.2, -0.15) is 13.2 Å². The highest BCUT2D eigenvalue weighted by atomic mass is 19.4. The van der Waals surface area contributed by atoms with E-state index >= 15 is 0 Å². The molecule has 0 fully saturated rings. The first-order chi connectivity index (χ1) is 9.69. The second kappa shape index (κ2) is 4.10. The number of benzene rings is 2. The van der Waals surface area contributed by atoms with Crippen molar-refractivity contribution in [2.24, 2.45) is 0 Å². The van der Waals surface area contributed by atoms with Gasteiger partial charge in [0.05, 0.1) is 0 Å². The number of rotatable bonds is 0. The quantitative estimate of drug-likeness (QED) is 0.763. The number of fused-ring (bicyclic) bond motifs is 3. The average Bonchev–Trinajstić information content (AvgIpc) is 2.67. The van der Waals surface area contributed by atoms with Crippen LogP contribution in [0.15, 0.2) is 30.3 Å². The highest BCUT2D eigenvalue weighted by Gasteiger charge is 2.61. The first-order valence-corrected chi connectivity index (χ1v) is 6.70. The van der Waals surface area contributed by atoms with Crippen molar-refractivity contribution in [2.45, 2.75) is 32.5 Å². The van der Waals surface area contributed by atoms with Gasteiger partial charge < -0.3 is 5.11 Å². The van der Waals surface area contributed by atoms with Crippen LogP contribution in [0.1, 0.15) is 27.8 Å². The van der Waals surface area contributed by atoms with Gasteiger partial charge in [0, 0.05) is 11.1 Å². The summed E-state index contributed by atoms with van der Waals surface area (Å²) < 4.78 is 41.0. The molecule has 0 unspecified atom stereocenters. The van der Waals surface area contributed by atoms with Gasteiger partial charge in [-0.3, -0.25) is 0 Å². The molecule has 0 heterocycles. The van der Waals surface area contributed by atoms with Crippen LogP contribution in [0.2, 0.25) is 0 Å². The third kappa shape index (κ3) is 1.62. The van der Waals surface area contributed by atoms with E-state index in [1.54, 1.807) is 32.0 Å². The molecule has 0 radical (unpaired) electrons. The molecule has 1 atom stereocenters. The van der Waals surface area contributed by atoms with E-state index in [4.69, 9.17) is 0 Å². The Balaban J connectivity index is 2.50. The molecule has 0 saturated carbocycles. The van der Waals surface area contributed by atoms with Crippen molar-refractivity contribution in [3.63, 3.8) is 0 Å². The summed E-state index contributed by atoms with van der Waals surface area (Å²) in [5.74, 6) is 0. The number of hydrogen-bond acceptors (Lipinski definition) is 1. The van der Waals surface area contributed by atoms with Gasteiger partial charge in [-0.05, 0) is 48.6 Å². The fourth-order valence-electron chi connectivity index (χ4n) is 3.22. The summed E-state index contributed by atoms with van der Waals surface area (Å²) in [5.41, 5.74) is 0.101. The van der Waals surface area contributed by atoms with Gasteiger partial charge in [-0.15, -0.1) is 0 Å². The third-order valence-electron chi connectivity index (χ3n) is 4.54. The minimum absolute atomic E-state index is 0.0284. The molecule has 0 amide bonds. The second-order valence-electron chi connectivity index (χ2n) is 5.62. The van der Waals surface area contributed by atoms with Crippen molar-refractivity contribution in [3.8, 4) is 11.1 Å². The van der Waals surface area contributed by atoms with Gasteiger partial charge in [0.1, 0.15) is 0 Å². The molecule has 2 aromatic rings. The topological polar surface area (TPSA) is 20.2 Å². The summed E-state index contributed by atoms with van der Waals surface area (Å²) in [6.45, 7) is 5.30. The van der Waals surface area contributed by atoms with Crippen LogP contribution in [0, 0.1) is 20.8 Å². The highest BCUT2D eigenvalue weighted by molar-refractivity contribution is 5.83. The van der Waals surface area contributed by atoms with Crippen molar-refractivity contribution >= 4 is 0 Å². The normalized spacial score (nSPS) is 20.3. The molecule has 0 saturated heterocycles. The van der Waals surface area contributed by atoms with Crippen molar-refractivity contribution in [2.75, 3.05) is 0 Å². The lowest BCUT2D eigenvalue weighted by molar-refractivity contribution is -0.246. The van der Waals surface area contributed by atoms with E-state index in [1.165, 1.54) is 12.1 Å². The number of hydrogen-bond donors (Lipinski definition) is 1. The zero-order chi connectivity index (χ0) is 15.6. The monoisotopic (exact) mass is 292 g/mol. The fraction of sp³-hybridized carbons (Fsp3) is 0.294. The van der Waals surface area contributed by atoms with Crippen molar-refractivity contribution < 1.29 is 18.3 Å². The van der Waals surface area contributed by atoms with E-state index in [-0.39, 0.29) is 11.1 Å². The summed E-state index contributed by atoms with van der Waals surface area (Å²) in [6, 6.07) is 7.94. The van der Waals surface area contributed by atoms with Gasteiger partial charge in [-0.25, -0.2) is 0 Å². The largest absolute Gasteiger partial charge is 0.425 e. The Morgan fingerprint density at radius 3 is 2.19 bits per heavy atom. The van der Waals surface area contributed by atoms with Gasteiger partial charge >= 0.3 is 6.18 Å². The Bertz CT molecular complexity index is 746. The van der Waals surface area contributed by atoms with Crippen LogP contribution < -0.4 is 0 Å². The van der Waals surface area contributed by atoms with Gasteiger partial charge in [-0.1, -0.05) is 30.3 Å². The molecule has 1 aliphatic carbocycles. The van der Waals surface area contributed by atoms with E-state index in [9.17, 15) is 18.3 Å². The van der Waals surface area contributed by atoms with Crippen LogP contribution in [0.3, 0.4) is 0 Å². The maximum absolute atomic E-state index is 13.7. The lowest BCUT2D eigenvalue weighted by Crippen LogP contribution is -2.42. The molecule has 3 rings (SSSR count). The number of halogens is 3. The summed E-state index contributed by atoms with van der Waals surface area (Å²) >= 11 is 0. The smallest absolute Gasteiger partial charge is 0.372 e. The van der Waals surface area contributed by atoms with E-state index in [0.29, 0.717) is 16.7 Å². The molecule has 110 valence electrons. The van der Waals surface area contributed by atoms with Crippen LogP contribution in [0.5, 0.6) is 0 Å². The molecule has 1 N–H and O–H groups in total. The van der Waals surface area contributed by atoms with E-state index < -0.39 is 11.8 Å². The predicted molar refractivity (Wildman–Crippen MR) is 75.1 cm³/mol. The number of alkyl halides is 3. The standard InChI is InChI=1S/C17H15F3O/c1-9-8-13-12-6-4-5-7-14(12)16(21,17(18,19)20)15(13)11(3)10(9)2/h4-8,21H,1-3H3/t16-/m0/s1. The summed E-state index contributed by atoms with van der Waals surface area (Å²) in [4.78, 5) is 0. The molecule has 0 bridgehead atoms. The molecule has 21 heavy (non-hydrogen) atoms. The minimum atomic E-state index is -4.76. The Morgan fingerprint density at radius 1 is 0.952 bits per heavy atom. The van der Waals surface area contributed by atoms with E-state index in [2.05, 4.69) is 0 Å². The van der Waals surface area contributed by atoms with Crippen LogP contribution >= 0.6 is 0 Å². The molecular weight excluding hydrogens is 277 g/mol. The Hall–Kier alpha value is -1.81. The van der Waals surface area contributed by atoms with Gasteiger partial charge in [0.2, 0.25) is 5.60 Å². The molecule has 1 aliphatic rings. The van der Waals surface area contributed by atoms with Gasteiger partial charge in [0.15, 0.2) is 0 Å². The van der Waals surface area contributed by atoms with Crippen LogP contribution in [-0.4, -0.2) is 11.3 Å². The van der Waals surface area contributed by atoms with Crippen molar-refractivity contribution in [3.05, 3.63) is 58.1 Å². The third-order valence-corrected chi connectivity index (χ3v) is 4.54. The molecule has 0 aliphatic heterocycles. The minimum Gasteiger partial charge on any atom is -0.372 e. The second-order valence-corrected chi connectivity index (χ2v) is 5.62. The zero-order valence-corrected chi connectivity index (χ0v) is 12.0. The van der Waals surface area contributed by atoms with Crippen molar-refractivity contribution in [1.29, 1.82) is 0 Å². The molecule has 2 aromatic carbocycles. The van der Waals surface area contributed by atoms with Crippen LogP contribution in [0.4, 0.5) is 13.2 Å². The highest BCUT2D eigenvalue weighted by Crippen LogP contribution is 2.56. The molecule has 0 spiro atoms. The lowest BCUT2D eigenvalue weighted by atomic mass is 9.85. The summed E-state index contributed by atoms with van der Waals surface area (Å²) in [5, 5.41) is 10.6. The van der Waals surface area contributed by atoms with Crippen LogP contribution in [0.25, 0.3) is 11.1 Å². The fourth-order valence-corrected chi connectivity index (χ4v) is 3.22. The zero-order valence-electron chi connectivity index (χ0n) is 12.0. The predicted octanol–water partition coefficient (Wildman–Crippen LogP) is 4.39. The molecule has 1 nitrogen and oxygen atoms in total. The number of aliphatic hydroxyl groups is 1. The number of aryl methyl sites for hydroxylation is 1. The molecule has 0 aromatic heterocycles. The summed E-state index contributed by atoms with van der Waals surface area (Å²) in [7, 11) is 0. The molecular formula is C17H15F3O. The Kier molecular flexibility index (Phi) is 2.76. The Morgan fingerprint density at radius 2 is 1.57 bits per heavy atom. The lowest BCUT2D eigenvalue weighted by Gasteiger charge is -2.30. The average molecular weight is 292 g/mol. The van der Waals surface area contributed by atoms with E-state index in [1.807, 2.05) is 6.92 Å². The first kappa shape index (κ1) is 14.1. The maximum Gasteiger partial charge on any atom is 0.425 e. The first-order valence-electron chi connectivity index (χ1n) is 6.70. The SMILES string of the molecule is Cc1cc2c(c(C)c1C)[C@](O)(C(F)(F)F)c1ccccc1-2. The Labute approximate surface area is 121 Å². The van der Waals surface area contributed by atoms with Crippen molar-refractivity contribution in [1.82, 2.24) is 0 Å². The van der Waals surface area contributed by atoms with E-state index in [0.717, 1.165) is 11.1 Å².